The van der Waals surface area contributed by atoms with Gasteiger partial charge >= 0.3 is 0 Å². The lowest BCUT2D eigenvalue weighted by Crippen LogP contribution is -2.56. The minimum Gasteiger partial charge on any atom is -0.295 e. The van der Waals surface area contributed by atoms with E-state index in [1.807, 2.05) is 6.92 Å². The molecule has 0 spiro atoms. The molecule has 0 aliphatic heterocycles. The molecular formula is C29H48O. The summed E-state index contributed by atoms with van der Waals surface area (Å²) in [6, 6.07) is 0. The molecule has 1 heteroatoms. The highest BCUT2D eigenvalue weighted by atomic mass is 16.1. The maximum Gasteiger partial charge on any atom is 0.157 e. The highest BCUT2D eigenvalue weighted by Crippen LogP contribution is 2.70. The summed E-state index contributed by atoms with van der Waals surface area (Å²) in [4.78, 5) is 12.1. The van der Waals surface area contributed by atoms with E-state index in [-0.39, 0.29) is 5.78 Å². The third kappa shape index (κ3) is 3.45. The first-order valence-corrected chi connectivity index (χ1v) is 13.2. The monoisotopic (exact) mass is 412 g/mol. The lowest BCUT2D eigenvalue weighted by molar-refractivity contribution is -0.147. The van der Waals surface area contributed by atoms with E-state index in [1.165, 1.54) is 57.8 Å². The fourth-order valence-electron chi connectivity index (χ4n) is 9.95. The van der Waals surface area contributed by atoms with Crippen LogP contribution in [0.4, 0.5) is 0 Å². The van der Waals surface area contributed by atoms with Crippen LogP contribution in [0.3, 0.4) is 0 Å². The van der Waals surface area contributed by atoms with Gasteiger partial charge in [-0.25, -0.2) is 0 Å². The largest absolute Gasteiger partial charge is 0.295 e. The Hall–Kier alpha value is -0.590. The van der Waals surface area contributed by atoms with Crippen LogP contribution in [0.5, 0.6) is 0 Å². The first kappa shape index (κ1) is 22.6. The second kappa shape index (κ2) is 7.77. The topological polar surface area (TPSA) is 17.1 Å². The van der Waals surface area contributed by atoms with Crippen LogP contribution in [0.15, 0.2) is 12.2 Å². The maximum absolute atomic E-state index is 12.1. The van der Waals surface area contributed by atoms with Gasteiger partial charge in [0, 0.05) is 6.42 Å². The van der Waals surface area contributed by atoms with Gasteiger partial charge in [-0.15, -0.1) is 0 Å². The average Bonchev–Trinajstić information content (AvgIpc) is 3.02. The molecule has 4 saturated carbocycles. The summed E-state index contributed by atoms with van der Waals surface area (Å²) in [5.41, 5.74) is 2.38. The summed E-state index contributed by atoms with van der Waals surface area (Å²) in [7, 11) is 0. The van der Waals surface area contributed by atoms with Crippen molar-refractivity contribution in [3.8, 4) is 0 Å². The van der Waals surface area contributed by atoms with Crippen LogP contribution in [0, 0.1) is 51.8 Å². The SMILES string of the molecule is C=C(C)C(=O)CC[C@@H](C)[C@H]1CC[C@H]2[C@@H]3CCC4C(C)(C)CCC[C@]4(C)[C@H]3CC[C@]12C. The van der Waals surface area contributed by atoms with Gasteiger partial charge in [-0.2, -0.15) is 0 Å². The van der Waals surface area contributed by atoms with Crippen molar-refractivity contribution in [2.24, 2.45) is 51.8 Å². The Morgan fingerprint density at radius 2 is 1.63 bits per heavy atom. The Kier molecular flexibility index (Phi) is 5.85. The summed E-state index contributed by atoms with van der Waals surface area (Å²) in [6.45, 7) is 18.7. The maximum atomic E-state index is 12.1. The molecule has 0 aromatic heterocycles. The van der Waals surface area contributed by atoms with Crippen LogP contribution in [0.2, 0.25) is 0 Å². The van der Waals surface area contributed by atoms with Gasteiger partial charge in [0.25, 0.3) is 0 Å². The highest BCUT2D eigenvalue weighted by Gasteiger charge is 2.62. The predicted octanol–water partition coefficient (Wildman–Crippen LogP) is 8.23. The summed E-state index contributed by atoms with van der Waals surface area (Å²) < 4.78 is 0. The quantitative estimate of drug-likeness (QED) is 0.415. The molecule has 4 aliphatic carbocycles. The molecule has 0 amide bonds. The van der Waals surface area contributed by atoms with Gasteiger partial charge in [0.15, 0.2) is 5.78 Å². The predicted molar refractivity (Wildman–Crippen MR) is 127 cm³/mol. The molecule has 0 N–H and O–H groups in total. The van der Waals surface area contributed by atoms with Gasteiger partial charge in [0.05, 0.1) is 0 Å². The standard InChI is InChI=1S/C29H48O/c1-19(2)25(30)13-9-20(3)22-11-12-23-21-10-14-26-27(4,5)16-8-17-29(26,7)24(21)15-18-28(22,23)6/h20-24,26H,1,8-18H2,2-7H3/t20-,21+,22-,23+,24+,26?,28-,29-/m1/s1. The molecule has 4 aliphatic rings. The molecule has 0 radical (unpaired) electrons. The van der Waals surface area contributed by atoms with E-state index < -0.39 is 0 Å². The summed E-state index contributed by atoms with van der Waals surface area (Å²) in [5, 5.41) is 0. The van der Waals surface area contributed by atoms with E-state index in [0.29, 0.717) is 28.6 Å². The molecule has 0 saturated heterocycles. The Morgan fingerprint density at radius 1 is 0.933 bits per heavy atom. The van der Waals surface area contributed by atoms with Crippen molar-refractivity contribution in [1.29, 1.82) is 0 Å². The molecule has 4 rings (SSSR count). The number of hydrogen-bond donors (Lipinski definition) is 0. The number of carbonyl (C=O) groups is 1. The summed E-state index contributed by atoms with van der Waals surface area (Å²) in [5.74, 6) is 5.56. The Morgan fingerprint density at radius 3 is 2.33 bits per heavy atom. The molecule has 0 heterocycles. The number of ketones is 1. The van der Waals surface area contributed by atoms with Crippen LogP contribution < -0.4 is 0 Å². The van der Waals surface area contributed by atoms with E-state index in [4.69, 9.17) is 0 Å². The molecule has 30 heavy (non-hydrogen) atoms. The van der Waals surface area contributed by atoms with Crippen molar-refractivity contribution in [1.82, 2.24) is 0 Å². The van der Waals surface area contributed by atoms with E-state index >= 15 is 0 Å². The van der Waals surface area contributed by atoms with Crippen molar-refractivity contribution in [2.45, 2.75) is 112 Å². The molecule has 0 aromatic rings. The van der Waals surface area contributed by atoms with Crippen molar-refractivity contribution < 1.29 is 4.79 Å². The van der Waals surface area contributed by atoms with Crippen LogP contribution in [-0.2, 0) is 4.79 Å². The zero-order valence-electron chi connectivity index (χ0n) is 20.9. The van der Waals surface area contributed by atoms with Crippen LogP contribution >= 0.6 is 0 Å². The smallest absolute Gasteiger partial charge is 0.157 e. The third-order valence-electron chi connectivity index (χ3n) is 11.4. The Balaban J connectivity index is 1.50. The molecule has 8 atom stereocenters. The minimum absolute atomic E-state index is 0.274. The summed E-state index contributed by atoms with van der Waals surface area (Å²) >= 11 is 0. The van der Waals surface area contributed by atoms with Gasteiger partial charge in [0.2, 0.25) is 0 Å². The van der Waals surface area contributed by atoms with Crippen LogP contribution in [-0.4, -0.2) is 5.78 Å². The average molecular weight is 413 g/mol. The van der Waals surface area contributed by atoms with Crippen molar-refractivity contribution in [3.05, 3.63) is 12.2 Å². The number of Topliss-reactive ketones (excluding diaryl/α,β-unsaturated/α-hetero) is 1. The van der Waals surface area contributed by atoms with E-state index in [9.17, 15) is 4.79 Å². The molecule has 4 fully saturated rings. The highest BCUT2D eigenvalue weighted by molar-refractivity contribution is 5.94. The van der Waals surface area contributed by atoms with Gasteiger partial charge < -0.3 is 0 Å². The lowest BCUT2D eigenvalue weighted by atomic mass is 9.41. The number of allylic oxidation sites excluding steroid dienone is 1. The minimum atomic E-state index is 0.274. The van der Waals surface area contributed by atoms with Crippen LogP contribution in [0.1, 0.15) is 112 Å². The van der Waals surface area contributed by atoms with Gasteiger partial charge in [-0.05, 0) is 122 Å². The van der Waals surface area contributed by atoms with Crippen molar-refractivity contribution in [2.75, 3.05) is 0 Å². The van der Waals surface area contributed by atoms with E-state index in [2.05, 4.69) is 41.2 Å². The molecule has 1 unspecified atom stereocenters. The van der Waals surface area contributed by atoms with Gasteiger partial charge in [-0.3, -0.25) is 4.79 Å². The number of fused-ring (bicyclic) bond motifs is 5. The number of hydrogen-bond acceptors (Lipinski definition) is 1. The molecule has 0 aromatic carbocycles. The second-order valence-corrected chi connectivity index (χ2v) is 13.3. The van der Waals surface area contributed by atoms with E-state index in [0.717, 1.165) is 41.6 Å². The first-order chi connectivity index (χ1) is 14.0. The summed E-state index contributed by atoms with van der Waals surface area (Å²) in [6.07, 6.45) is 14.8. The zero-order valence-corrected chi connectivity index (χ0v) is 20.9. The van der Waals surface area contributed by atoms with Gasteiger partial charge in [0.1, 0.15) is 0 Å². The fraction of sp³-hybridized carbons (Fsp3) is 0.897. The molecular weight excluding hydrogens is 364 g/mol. The van der Waals surface area contributed by atoms with Crippen LogP contribution in [0.25, 0.3) is 0 Å². The van der Waals surface area contributed by atoms with Crippen molar-refractivity contribution in [3.63, 3.8) is 0 Å². The van der Waals surface area contributed by atoms with Crippen molar-refractivity contribution >= 4 is 5.78 Å². The number of carbonyl (C=O) groups excluding carboxylic acids is 1. The number of rotatable bonds is 5. The molecule has 170 valence electrons. The van der Waals surface area contributed by atoms with Gasteiger partial charge in [-0.1, -0.05) is 47.6 Å². The van der Waals surface area contributed by atoms with E-state index in [1.54, 1.807) is 0 Å². The normalized spacial score (nSPS) is 45.7. The lowest BCUT2D eigenvalue weighted by Gasteiger charge is -2.64. The Labute approximate surface area is 186 Å². The Bertz CT molecular complexity index is 688. The molecule has 1 nitrogen and oxygen atoms in total. The zero-order chi connectivity index (χ0) is 21.9. The first-order valence-electron chi connectivity index (χ1n) is 13.2. The fourth-order valence-corrected chi connectivity index (χ4v) is 9.95. The third-order valence-corrected chi connectivity index (χ3v) is 11.4. The second-order valence-electron chi connectivity index (χ2n) is 13.3. The molecule has 0 bridgehead atoms.